The summed E-state index contributed by atoms with van der Waals surface area (Å²) in [5.41, 5.74) is 2.11. The molecule has 0 saturated heterocycles. The van der Waals surface area contributed by atoms with Crippen molar-refractivity contribution in [3.05, 3.63) is 84.9 Å². The average molecular weight is 496 g/mol. The third-order valence-electron chi connectivity index (χ3n) is 5.06. The monoisotopic (exact) mass is 496 g/mol. The molecule has 0 bridgehead atoms. The maximum atomic E-state index is 13.9. The van der Waals surface area contributed by atoms with Gasteiger partial charge in [0.1, 0.15) is 29.3 Å². The van der Waals surface area contributed by atoms with Crippen LogP contribution in [-0.4, -0.2) is 40.9 Å². The van der Waals surface area contributed by atoms with Gasteiger partial charge < -0.3 is 9.73 Å². The number of halogens is 2. The van der Waals surface area contributed by atoms with Crippen LogP contribution in [0.2, 0.25) is 0 Å². The second-order valence-corrected chi connectivity index (χ2v) is 9.19. The molecule has 0 amide bonds. The quantitative estimate of drug-likeness (QED) is 0.315. The Morgan fingerprint density at radius 3 is 2.57 bits per heavy atom. The highest BCUT2D eigenvalue weighted by molar-refractivity contribution is 7.89. The first-order chi connectivity index (χ1) is 16.9. The minimum absolute atomic E-state index is 0.0135. The Balaban J connectivity index is 1.35. The van der Waals surface area contributed by atoms with Crippen molar-refractivity contribution in [2.45, 2.75) is 4.90 Å². The number of nitrogens with one attached hydrogen (secondary N) is 2. The highest BCUT2D eigenvalue weighted by atomic mass is 32.2. The molecule has 0 saturated carbocycles. The summed E-state index contributed by atoms with van der Waals surface area (Å²) < 4.78 is 61.3. The molecule has 0 aliphatic rings. The number of rotatable bonds is 8. The Bertz CT molecular complexity index is 1620. The van der Waals surface area contributed by atoms with Crippen LogP contribution in [0.4, 0.5) is 14.7 Å². The largest absolute Gasteiger partial charge is 0.432 e. The van der Waals surface area contributed by atoms with E-state index >= 15 is 0 Å². The molecule has 2 N–H and O–H groups in total. The highest BCUT2D eigenvalue weighted by Crippen LogP contribution is 2.32. The Morgan fingerprint density at radius 2 is 1.77 bits per heavy atom. The van der Waals surface area contributed by atoms with Crippen molar-refractivity contribution >= 4 is 21.8 Å². The molecule has 5 aromatic rings. The van der Waals surface area contributed by atoms with Crippen molar-refractivity contribution in [3.8, 4) is 22.6 Å². The minimum Gasteiger partial charge on any atom is -0.432 e. The van der Waals surface area contributed by atoms with Gasteiger partial charge in [0.2, 0.25) is 16.0 Å². The van der Waals surface area contributed by atoms with Gasteiger partial charge in [-0.2, -0.15) is 4.98 Å². The van der Waals surface area contributed by atoms with Crippen LogP contribution in [0.1, 0.15) is 0 Å². The Kier molecular flexibility index (Phi) is 5.97. The summed E-state index contributed by atoms with van der Waals surface area (Å²) in [6.45, 7) is 0.182. The molecule has 12 heteroatoms. The first-order valence-corrected chi connectivity index (χ1v) is 11.9. The van der Waals surface area contributed by atoms with Crippen LogP contribution in [0.25, 0.3) is 28.5 Å². The number of hydrogen-bond acceptors (Lipinski definition) is 7. The lowest BCUT2D eigenvalue weighted by molar-refractivity contribution is 0.578. The third kappa shape index (κ3) is 4.74. The SMILES string of the molecule is O=S(=O)(NCCNc1nccc(-c2c(-c3cccc(F)c3)nc3occn23)n1)c1cccc(F)c1. The van der Waals surface area contributed by atoms with E-state index in [-0.39, 0.29) is 23.9 Å². The van der Waals surface area contributed by atoms with E-state index in [1.54, 1.807) is 28.8 Å². The number of nitrogens with zero attached hydrogens (tertiary/aromatic N) is 4. The van der Waals surface area contributed by atoms with Crippen molar-refractivity contribution in [2.75, 3.05) is 18.4 Å². The van der Waals surface area contributed by atoms with Crippen molar-refractivity contribution in [3.63, 3.8) is 0 Å². The highest BCUT2D eigenvalue weighted by Gasteiger charge is 2.20. The zero-order valence-corrected chi connectivity index (χ0v) is 18.8. The summed E-state index contributed by atoms with van der Waals surface area (Å²) in [7, 11) is -3.86. The molecule has 35 heavy (non-hydrogen) atoms. The minimum atomic E-state index is -3.86. The number of oxazole rings is 1. The van der Waals surface area contributed by atoms with Crippen molar-refractivity contribution in [1.82, 2.24) is 24.1 Å². The molecule has 0 atom stereocenters. The number of hydrogen-bond donors (Lipinski definition) is 2. The maximum absolute atomic E-state index is 13.9. The van der Waals surface area contributed by atoms with Crippen LogP contribution in [0.3, 0.4) is 0 Å². The zero-order chi connectivity index (χ0) is 24.4. The van der Waals surface area contributed by atoms with Crippen molar-refractivity contribution in [1.29, 1.82) is 0 Å². The molecular weight excluding hydrogens is 478 g/mol. The fourth-order valence-corrected chi connectivity index (χ4v) is 4.58. The van der Waals surface area contributed by atoms with Gasteiger partial charge >= 0.3 is 5.84 Å². The standard InChI is InChI=1S/C23H18F2N6O3S/c24-16-4-1-3-15(13-16)20-21(31-11-12-34-23(31)30-20)19-7-8-26-22(29-19)27-9-10-28-35(32,33)18-6-2-5-17(25)14-18/h1-8,11-14,28H,9-10H2,(H,26,27,29). The van der Waals surface area contributed by atoms with Gasteiger partial charge in [-0.15, -0.1) is 0 Å². The second kappa shape index (κ2) is 9.24. The Labute approximate surface area is 198 Å². The first kappa shape index (κ1) is 22.6. The van der Waals surface area contributed by atoms with Crippen LogP contribution >= 0.6 is 0 Å². The van der Waals surface area contributed by atoms with Gasteiger partial charge in [0.05, 0.1) is 10.6 Å². The van der Waals surface area contributed by atoms with Crippen LogP contribution in [0.15, 0.2) is 82.6 Å². The summed E-state index contributed by atoms with van der Waals surface area (Å²) >= 11 is 0. The van der Waals surface area contributed by atoms with Gasteiger partial charge in [0.25, 0.3) is 0 Å². The summed E-state index contributed by atoms with van der Waals surface area (Å²) in [6, 6.07) is 12.5. The molecule has 0 spiro atoms. The van der Waals surface area contributed by atoms with E-state index < -0.39 is 21.7 Å². The number of sulfonamides is 1. The van der Waals surface area contributed by atoms with Gasteiger partial charge in [-0.25, -0.2) is 31.9 Å². The van der Waals surface area contributed by atoms with E-state index in [4.69, 9.17) is 4.42 Å². The van der Waals surface area contributed by atoms with E-state index in [0.29, 0.717) is 28.5 Å². The number of fused-ring (bicyclic) bond motifs is 1. The van der Waals surface area contributed by atoms with Crippen LogP contribution in [0, 0.1) is 11.6 Å². The fourth-order valence-electron chi connectivity index (χ4n) is 3.52. The maximum Gasteiger partial charge on any atom is 0.306 e. The molecule has 0 fully saturated rings. The normalized spacial score (nSPS) is 11.7. The lowest BCUT2D eigenvalue weighted by Gasteiger charge is -2.09. The van der Waals surface area contributed by atoms with E-state index in [1.807, 2.05) is 0 Å². The predicted molar refractivity (Wildman–Crippen MR) is 124 cm³/mol. The average Bonchev–Trinajstić information content (AvgIpc) is 3.44. The molecule has 0 aliphatic heterocycles. The summed E-state index contributed by atoms with van der Waals surface area (Å²) in [5.74, 6) is -0.473. The molecule has 0 unspecified atom stereocenters. The van der Waals surface area contributed by atoms with Crippen LogP contribution in [0.5, 0.6) is 0 Å². The number of anilines is 1. The molecule has 3 heterocycles. The Morgan fingerprint density at radius 1 is 0.971 bits per heavy atom. The smallest absolute Gasteiger partial charge is 0.306 e. The van der Waals surface area contributed by atoms with Crippen LogP contribution < -0.4 is 10.0 Å². The molecule has 178 valence electrons. The Hall–Kier alpha value is -4.16. The lowest BCUT2D eigenvalue weighted by Crippen LogP contribution is -2.29. The first-order valence-electron chi connectivity index (χ1n) is 10.4. The zero-order valence-electron chi connectivity index (χ0n) is 18.0. The van der Waals surface area contributed by atoms with E-state index in [0.717, 1.165) is 6.07 Å². The summed E-state index contributed by atoms with van der Waals surface area (Å²) in [4.78, 5) is 13.0. The third-order valence-corrected chi connectivity index (χ3v) is 6.52. The van der Waals surface area contributed by atoms with E-state index in [2.05, 4.69) is 25.0 Å². The van der Waals surface area contributed by atoms with Crippen LogP contribution in [-0.2, 0) is 10.0 Å². The summed E-state index contributed by atoms with van der Waals surface area (Å²) in [6.07, 6.45) is 4.69. The lowest BCUT2D eigenvalue weighted by atomic mass is 10.1. The van der Waals surface area contributed by atoms with Crippen molar-refractivity contribution < 1.29 is 21.6 Å². The number of imidazole rings is 1. The molecule has 5 rings (SSSR count). The van der Waals surface area contributed by atoms with E-state index in [1.165, 1.54) is 42.8 Å². The van der Waals surface area contributed by atoms with Gasteiger partial charge in [0, 0.05) is 31.0 Å². The number of benzene rings is 2. The molecule has 2 aromatic carbocycles. The molecule has 0 aliphatic carbocycles. The predicted octanol–water partition coefficient (Wildman–Crippen LogP) is 3.72. The number of aromatic nitrogens is 4. The molecule has 3 aromatic heterocycles. The topological polar surface area (TPSA) is 114 Å². The summed E-state index contributed by atoms with van der Waals surface area (Å²) in [5, 5.41) is 2.96. The second-order valence-electron chi connectivity index (χ2n) is 7.42. The van der Waals surface area contributed by atoms with E-state index in [9.17, 15) is 17.2 Å². The molecular formula is C23H18F2N6O3S. The van der Waals surface area contributed by atoms with Gasteiger partial charge in [-0.1, -0.05) is 18.2 Å². The molecule has 9 nitrogen and oxygen atoms in total. The van der Waals surface area contributed by atoms with Gasteiger partial charge in [-0.3, -0.25) is 4.40 Å². The fraction of sp³-hybridized carbons (Fsp3) is 0.0870. The van der Waals surface area contributed by atoms with Gasteiger partial charge in [-0.05, 0) is 36.4 Å². The van der Waals surface area contributed by atoms with Crippen molar-refractivity contribution in [2.24, 2.45) is 0 Å². The molecule has 0 radical (unpaired) electrons. The van der Waals surface area contributed by atoms with Gasteiger partial charge in [0.15, 0.2) is 0 Å².